The van der Waals surface area contributed by atoms with Crippen LogP contribution in [0.1, 0.15) is 35.1 Å². The first-order chi connectivity index (χ1) is 13.8. The molecular weight excluding hydrogens is 346 g/mol. The van der Waals surface area contributed by atoms with Gasteiger partial charge < -0.3 is 10.1 Å². The van der Waals surface area contributed by atoms with Crippen LogP contribution in [0.5, 0.6) is 11.6 Å². The van der Waals surface area contributed by atoms with Crippen LogP contribution < -0.4 is 10.1 Å². The lowest BCUT2D eigenvalue weighted by molar-refractivity contribution is 0.458. The first kappa shape index (κ1) is 18.2. The van der Waals surface area contributed by atoms with E-state index in [4.69, 9.17) is 4.74 Å². The molecule has 2 aromatic carbocycles. The van der Waals surface area contributed by atoms with Gasteiger partial charge in [-0.1, -0.05) is 36.4 Å². The number of nitrogens with one attached hydrogen (secondary N) is 1. The van der Waals surface area contributed by atoms with Crippen molar-refractivity contribution in [2.75, 3.05) is 0 Å². The van der Waals surface area contributed by atoms with Gasteiger partial charge in [-0.05, 0) is 66.6 Å². The van der Waals surface area contributed by atoms with Gasteiger partial charge in [-0.15, -0.1) is 0 Å². The number of benzene rings is 2. The van der Waals surface area contributed by atoms with Crippen molar-refractivity contribution in [2.45, 2.75) is 38.3 Å². The first-order valence-electron chi connectivity index (χ1n) is 9.74. The van der Waals surface area contributed by atoms with Crippen molar-refractivity contribution in [3.05, 3.63) is 89.1 Å². The number of nitriles is 1. The van der Waals surface area contributed by atoms with Gasteiger partial charge in [-0.2, -0.15) is 5.26 Å². The highest BCUT2D eigenvalue weighted by Crippen LogP contribution is 2.28. The number of pyridine rings is 1. The van der Waals surface area contributed by atoms with Crippen LogP contribution in [0.25, 0.3) is 0 Å². The molecule has 1 aromatic heterocycles. The quantitative estimate of drug-likeness (QED) is 0.658. The minimum Gasteiger partial charge on any atom is -0.438 e. The van der Waals surface area contributed by atoms with Crippen molar-refractivity contribution in [1.82, 2.24) is 10.3 Å². The molecule has 140 valence electrons. The average molecular weight is 369 g/mol. The number of ether oxygens (including phenoxy) is 1. The van der Waals surface area contributed by atoms with E-state index in [9.17, 15) is 5.26 Å². The van der Waals surface area contributed by atoms with Crippen molar-refractivity contribution < 1.29 is 4.74 Å². The topological polar surface area (TPSA) is 57.9 Å². The maximum Gasteiger partial charge on any atom is 0.237 e. The Morgan fingerprint density at radius 2 is 1.96 bits per heavy atom. The van der Waals surface area contributed by atoms with E-state index in [-0.39, 0.29) is 0 Å². The molecule has 0 amide bonds. The molecule has 1 unspecified atom stereocenters. The summed E-state index contributed by atoms with van der Waals surface area (Å²) in [5.41, 5.74) is 4.45. The Labute approximate surface area is 165 Å². The molecular formula is C24H23N3O. The maximum atomic E-state index is 9.24. The van der Waals surface area contributed by atoms with Gasteiger partial charge in [0.1, 0.15) is 17.4 Å². The van der Waals surface area contributed by atoms with Gasteiger partial charge in [-0.3, -0.25) is 0 Å². The summed E-state index contributed by atoms with van der Waals surface area (Å²) >= 11 is 0. The summed E-state index contributed by atoms with van der Waals surface area (Å²) in [6.45, 7) is 0.885. The highest BCUT2D eigenvalue weighted by atomic mass is 16.5. The van der Waals surface area contributed by atoms with E-state index in [1.807, 2.05) is 12.1 Å². The fraction of sp³-hybridized carbons (Fsp3) is 0.250. The molecule has 0 radical (unpaired) electrons. The molecule has 1 heterocycles. The predicted molar refractivity (Wildman–Crippen MR) is 109 cm³/mol. The molecule has 0 saturated carbocycles. The number of rotatable bonds is 5. The first-order valence-corrected chi connectivity index (χ1v) is 9.74. The molecule has 0 aliphatic heterocycles. The molecule has 0 spiro atoms. The lowest BCUT2D eigenvalue weighted by Crippen LogP contribution is -2.30. The highest BCUT2D eigenvalue weighted by Gasteiger charge is 2.17. The smallest absolute Gasteiger partial charge is 0.237 e. The molecule has 4 nitrogen and oxygen atoms in total. The molecule has 1 aliphatic rings. The lowest BCUT2D eigenvalue weighted by Gasteiger charge is -2.17. The van der Waals surface area contributed by atoms with Crippen molar-refractivity contribution in [2.24, 2.45) is 0 Å². The molecule has 28 heavy (non-hydrogen) atoms. The van der Waals surface area contributed by atoms with E-state index in [1.54, 1.807) is 18.3 Å². The van der Waals surface area contributed by atoms with Crippen LogP contribution in [0.15, 0.2) is 66.9 Å². The lowest BCUT2D eigenvalue weighted by atomic mass is 10.0. The minimum absolute atomic E-state index is 0.359. The standard InChI is InChI=1S/C24H23N3O/c25-16-20-9-5-13-26-24(20)28-23-12-11-19-8-4-10-22(14-21(19)15-23)27-17-18-6-2-1-3-7-18/h1-3,5-7,9,11-13,15,22,27H,4,8,10,14,17H2. The Bertz CT molecular complexity index is 979. The fourth-order valence-electron chi connectivity index (χ4n) is 3.71. The monoisotopic (exact) mass is 369 g/mol. The number of nitrogens with zero attached hydrogens (tertiary/aromatic N) is 2. The number of hydrogen-bond donors (Lipinski definition) is 1. The summed E-state index contributed by atoms with van der Waals surface area (Å²) in [5, 5.41) is 12.9. The van der Waals surface area contributed by atoms with E-state index in [0.29, 0.717) is 17.5 Å². The van der Waals surface area contributed by atoms with Gasteiger partial charge in [0.05, 0.1) is 0 Å². The Morgan fingerprint density at radius 1 is 1.07 bits per heavy atom. The summed E-state index contributed by atoms with van der Waals surface area (Å²) in [7, 11) is 0. The van der Waals surface area contributed by atoms with Crippen LogP contribution in [0.4, 0.5) is 0 Å². The van der Waals surface area contributed by atoms with Gasteiger partial charge >= 0.3 is 0 Å². The van der Waals surface area contributed by atoms with E-state index in [0.717, 1.165) is 31.6 Å². The molecule has 1 atom stereocenters. The predicted octanol–water partition coefficient (Wildman–Crippen LogP) is 4.78. The average Bonchev–Trinajstić information content (AvgIpc) is 2.95. The second-order valence-electron chi connectivity index (χ2n) is 7.16. The second kappa shape index (κ2) is 8.69. The third-order valence-corrected chi connectivity index (χ3v) is 5.19. The number of fused-ring (bicyclic) bond motifs is 1. The highest BCUT2D eigenvalue weighted by molar-refractivity contribution is 5.43. The number of aryl methyl sites for hydroxylation is 1. The zero-order valence-electron chi connectivity index (χ0n) is 15.8. The van der Waals surface area contributed by atoms with Crippen LogP contribution in [-0.2, 0) is 19.4 Å². The Morgan fingerprint density at radius 3 is 2.82 bits per heavy atom. The molecule has 3 aromatic rings. The maximum absolute atomic E-state index is 9.24. The van der Waals surface area contributed by atoms with E-state index in [1.165, 1.54) is 23.1 Å². The Hall–Kier alpha value is -3.16. The molecule has 1 N–H and O–H groups in total. The zero-order valence-corrected chi connectivity index (χ0v) is 15.8. The normalized spacial score (nSPS) is 15.9. The third-order valence-electron chi connectivity index (χ3n) is 5.19. The van der Waals surface area contributed by atoms with Gasteiger partial charge in [0.25, 0.3) is 0 Å². The molecule has 4 heteroatoms. The van der Waals surface area contributed by atoms with E-state index < -0.39 is 0 Å². The second-order valence-corrected chi connectivity index (χ2v) is 7.16. The van der Waals surface area contributed by atoms with Crippen LogP contribution in [0.2, 0.25) is 0 Å². The largest absolute Gasteiger partial charge is 0.438 e. The van der Waals surface area contributed by atoms with Gasteiger partial charge in [-0.25, -0.2) is 4.98 Å². The minimum atomic E-state index is 0.359. The molecule has 0 fully saturated rings. The van der Waals surface area contributed by atoms with Crippen molar-refractivity contribution >= 4 is 0 Å². The summed E-state index contributed by atoms with van der Waals surface area (Å²) in [4.78, 5) is 4.20. The molecule has 0 bridgehead atoms. The molecule has 4 rings (SSSR count). The Balaban J connectivity index is 1.48. The summed E-state index contributed by atoms with van der Waals surface area (Å²) in [5.74, 6) is 1.09. The van der Waals surface area contributed by atoms with Crippen LogP contribution in [-0.4, -0.2) is 11.0 Å². The number of aromatic nitrogens is 1. The van der Waals surface area contributed by atoms with Crippen LogP contribution in [0, 0.1) is 11.3 Å². The summed E-state index contributed by atoms with van der Waals surface area (Å²) in [6, 6.07) is 22.8. The number of hydrogen-bond acceptors (Lipinski definition) is 4. The van der Waals surface area contributed by atoms with E-state index >= 15 is 0 Å². The van der Waals surface area contributed by atoms with Crippen molar-refractivity contribution in [3.63, 3.8) is 0 Å². The summed E-state index contributed by atoms with van der Waals surface area (Å²) in [6.07, 6.45) is 6.05. The van der Waals surface area contributed by atoms with Gasteiger partial charge in [0.15, 0.2) is 0 Å². The van der Waals surface area contributed by atoms with Gasteiger partial charge in [0.2, 0.25) is 5.88 Å². The van der Waals surface area contributed by atoms with E-state index in [2.05, 4.69) is 52.8 Å². The van der Waals surface area contributed by atoms with Crippen LogP contribution >= 0.6 is 0 Å². The third kappa shape index (κ3) is 4.39. The van der Waals surface area contributed by atoms with Crippen molar-refractivity contribution in [3.8, 4) is 17.7 Å². The molecule has 1 aliphatic carbocycles. The zero-order chi connectivity index (χ0) is 19.2. The fourth-order valence-corrected chi connectivity index (χ4v) is 3.71. The molecule has 0 saturated heterocycles. The van der Waals surface area contributed by atoms with Gasteiger partial charge in [0, 0.05) is 18.8 Å². The Kier molecular flexibility index (Phi) is 5.65. The van der Waals surface area contributed by atoms with Crippen molar-refractivity contribution in [1.29, 1.82) is 5.26 Å². The SMILES string of the molecule is N#Cc1cccnc1Oc1ccc2c(c1)CC(NCc1ccccc1)CCC2. The summed E-state index contributed by atoms with van der Waals surface area (Å²) < 4.78 is 5.92. The van der Waals surface area contributed by atoms with Crippen LogP contribution in [0.3, 0.4) is 0 Å².